The Kier molecular flexibility index (Phi) is 11.0. The van der Waals surface area contributed by atoms with Crippen molar-refractivity contribution in [2.45, 2.75) is 44.7 Å². The first-order chi connectivity index (χ1) is 22.5. The zero-order valence-corrected chi connectivity index (χ0v) is 26.9. The molecule has 2 fully saturated rings. The van der Waals surface area contributed by atoms with Crippen molar-refractivity contribution in [3.63, 3.8) is 0 Å². The molecule has 14 heteroatoms. The van der Waals surface area contributed by atoms with E-state index in [4.69, 9.17) is 0 Å². The molecule has 246 valence electrons. The van der Waals surface area contributed by atoms with Gasteiger partial charge in [-0.3, -0.25) is 19.4 Å². The minimum absolute atomic E-state index is 0. The number of piperazine rings is 1. The third-order valence-corrected chi connectivity index (χ3v) is 9.12. The van der Waals surface area contributed by atoms with Gasteiger partial charge in [0, 0.05) is 26.6 Å². The molecule has 0 spiro atoms. The van der Waals surface area contributed by atoms with Gasteiger partial charge in [0.2, 0.25) is 11.8 Å². The number of hydrazine groups is 1. The summed E-state index contributed by atoms with van der Waals surface area (Å²) in [5, 5.41) is 8.15. The van der Waals surface area contributed by atoms with Crippen molar-refractivity contribution in [3.8, 4) is 5.75 Å². The molecule has 0 radical (unpaired) electrons. The van der Waals surface area contributed by atoms with Gasteiger partial charge in [-0.1, -0.05) is 84.9 Å². The predicted octanol–water partition coefficient (Wildman–Crippen LogP) is 3.23. The Morgan fingerprint density at radius 3 is 2.29 bits per heavy atom. The molecule has 3 atom stereocenters. The maximum atomic E-state index is 14.5. The average Bonchev–Trinajstić information content (AvgIpc) is 3.04. The Morgan fingerprint density at radius 2 is 1.58 bits per heavy atom. The number of hydrogen-bond donors (Lipinski definition) is 3. The Bertz CT molecular complexity index is 1840. The van der Waals surface area contributed by atoms with Crippen molar-refractivity contribution < 1.29 is 33.3 Å². The summed E-state index contributed by atoms with van der Waals surface area (Å²) < 4.78 is 16.0. The van der Waals surface area contributed by atoms with Crippen molar-refractivity contribution >= 4 is 66.0 Å². The number of fused-ring (bicyclic) bond motifs is 2. The second kappa shape index (κ2) is 14.8. The second-order valence-electron chi connectivity index (χ2n) is 11.8. The topological polar surface area (TPSA) is 143 Å². The number of nitrogens with zero attached hydrogens (tertiary/aromatic N) is 4. The number of urea groups is 1. The van der Waals surface area contributed by atoms with E-state index in [0.717, 1.165) is 21.9 Å². The van der Waals surface area contributed by atoms with E-state index in [1.54, 1.807) is 29.1 Å². The molecular formula is C34H37N5NaO7P. The van der Waals surface area contributed by atoms with Crippen molar-refractivity contribution in [2.75, 3.05) is 13.6 Å². The molecule has 6 rings (SSSR count). The zero-order valence-electron chi connectivity index (χ0n) is 26.0. The number of nitrogens with one attached hydrogen (secondary N) is 1. The number of hydrogen-bond acceptors (Lipinski definition) is 6. The van der Waals surface area contributed by atoms with E-state index >= 15 is 0 Å². The first-order valence-corrected chi connectivity index (χ1v) is 16.8. The molecule has 0 bridgehead atoms. The van der Waals surface area contributed by atoms with Crippen molar-refractivity contribution in [1.29, 1.82) is 0 Å². The summed E-state index contributed by atoms with van der Waals surface area (Å²) in [4.78, 5) is 63.8. The molecule has 0 aromatic heterocycles. The van der Waals surface area contributed by atoms with Crippen LogP contribution in [0.4, 0.5) is 4.79 Å². The van der Waals surface area contributed by atoms with Gasteiger partial charge in [0.25, 0.3) is 0 Å². The van der Waals surface area contributed by atoms with E-state index in [-0.39, 0.29) is 73.2 Å². The van der Waals surface area contributed by atoms with Gasteiger partial charge in [0.05, 0.1) is 12.6 Å². The average molecular weight is 682 g/mol. The Balaban J connectivity index is 0.00000451. The Hall–Kier alpha value is -3.74. The molecule has 2 heterocycles. The van der Waals surface area contributed by atoms with E-state index in [1.165, 1.54) is 22.0 Å². The fourth-order valence-corrected chi connectivity index (χ4v) is 6.88. The molecular weight excluding hydrogens is 644 g/mol. The molecule has 0 aliphatic carbocycles. The molecule has 2 aliphatic heterocycles. The maximum absolute atomic E-state index is 14.5. The van der Waals surface area contributed by atoms with Crippen LogP contribution in [0, 0.1) is 0 Å². The summed E-state index contributed by atoms with van der Waals surface area (Å²) in [7, 11) is -3.07. The van der Waals surface area contributed by atoms with E-state index in [0.29, 0.717) is 5.56 Å². The molecule has 1 unspecified atom stereocenters. The third kappa shape index (κ3) is 7.61. The SMILES string of the molecule is C[C@H]1C2N(C(=O)CN(C)N2C(=O)NCc2ccccc2)[C@@H](Cc2ccc(OP(=O)(O)O)cc2)C(=O)N1Cc1cccc2ccccc12.[NaH]. The standard InChI is InChI=1S/C34H36N5O7P.Na.H/c1-23-32-38(31(40)22-36(2)39(32)34(42)35-20-25-9-4-3-5-10-25)30(19-24-15-17-28(18-16-24)46-47(43,44)45)33(41)37(23)21-27-13-8-12-26-11-6-7-14-29(26)27;;/h3-18,23,30,32H,19-22H2,1-2H3,(H,35,42)(H2,43,44,45);;/t23-,30-,32?;;/m0../s1. The number of rotatable bonds is 8. The molecule has 0 saturated carbocycles. The van der Waals surface area contributed by atoms with Crippen molar-refractivity contribution in [2.24, 2.45) is 0 Å². The van der Waals surface area contributed by atoms with Crippen molar-refractivity contribution in [1.82, 2.24) is 25.1 Å². The molecule has 2 saturated heterocycles. The van der Waals surface area contributed by atoms with Crippen LogP contribution >= 0.6 is 7.82 Å². The van der Waals surface area contributed by atoms with E-state index in [2.05, 4.69) is 9.84 Å². The van der Waals surface area contributed by atoms with Gasteiger partial charge < -0.3 is 19.6 Å². The van der Waals surface area contributed by atoms with Gasteiger partial charge in [-0.05, 0) is 46.5 Å². The van der Waals surface area contributed by atoms with Crippen LogP contribution in [0.5, 0.6) is 5.75 Å². The first kappa shape index (κ1) is 35.6. The molecule has 12 nitrogen and oxygen atoms in total. The molecule has 48 heavy (non-hydrogen) atoms. The fourth-order valence-electron chi connectivity index (χ4n) is 6.49. The molecule has 4 amide bonds. The minimum atomic E-state index is -4.75. The van der Waals surface area contributed by atoms with E-state index in [1.807, 2.05) is 79.7 Å². The van der Waals surface area contributed by atoms with E-state index < -0.39 is 32.1 Å². The van der Waals surface area contributed by atoms with Crippen LogP contribution in [0.1, 0.15) is 23.6 Å². The number of amides is 4. The third-order valence-electron chi connectivity index (χ3n) is 8.67. The van der Waals surface area contributed by atoms with Crippen LogP contribution in [-0.2, 0) is 33.7 Å². The number of likely N-dealkylation sites (N-methyl/N-ethyl adjacent to an activating group) is 1. The number of benzene rings is 4. The quantitative estimate of drug-likeness (QED) is 0.190. The second-order valence-corrected chi connectivity index (χ2v) is 13.0. The number of phosphoric ester groups is 1. The van der Waals surface area contributed by atoms with E-state index in [9.17, 15) is 28.7 Å². The van der Waals surface area contributed by atoms with Gasteiger partial charge >= 0.3 is 43.4 Å². The van der Waals surface area contributed by atoms with Gasteiger partial charge in [-0.15, -0.1) is 0 Å². The molecule has 4 aromatic rings. The van der Waals surface area contributed by atoms with Gasteiger partial charge in [-0.25, -0.2) is 19.4 Å². The number of carbonyl (C=O) groups is 3. The molecule has 3 N–H and O–H groups in total. The van der Waals surface area contributed by atoms with Crippen LogP contribution in [0.25, 0.3) is 10.8 Å². The normalized spacial score (nSPS) is 19.9. The first-order valence-electron chi connectivity index (χ1n) is 15.2. The summed E-state index contributed by atoms with van der Waals surface area (Å²) in [6, 6.07) is 27.5. The summed E-state index contributed by atoms with van der Waals surface area (Å²) in [6.45, 7) is 2.29. The molecule has 4 aromatic carbocycles. The Labute approximate surface area is 300 Å². The fraction of sp³-hybridized carbons (Fsp3) is 0.265. The summed E-state index contributed by atoms with van der Waals surface area (Å²) in [5.74, 6) is -0.584. The van der Waals surface area contributed by atoms with Crippen LogP contribution < -0.4 is 9.84 Å². The number of carbonyl (C=O) groups excluding carboxylic acids is 3. The Morgan fingerprint density at radius 1 is 0.917 bits per heavy atom. The summed E-state index contributed by atoms with van der Waals surface area (Å²) in [5.41, 5.74) is 2.50. The van der Waals surface area contributed by atoms with Gasteiger partial charge in [0.15, 0.2) is 0 Å². The van der Waals surface area contributed by atoms with Crippen LogP contribution in [-0.4, -0.2) is 109 Å². The number of phosphoric acid groups is 1. The monoisotopic (exact) mass is 681 g/mol. The van der Waals surface area contributed by atoms with Crippen LogP contribution in [0.2, 0.25) is 0 Å². The van der Waals surface area contributed by atoms with Crippen molar-refractivity contribution in [3.05, 3.63) is 114 Å². The van der Waals surface area contributed by atoms with Crippen LogP contribution in [0.3, 0.4) is 0 Å². The van der Waals surface area contributed by atoms with Gasteiger partial charge in [-0.2, -0.15) is 0 Å². The predicted molar refractivity (Wildman–Crippen MR) is 181 cm³/mol. The van der Waals surface area contributed by atoms with Gasteiger partial charge in [0.1, 0.15) is 18.0 Å². The zero-order chi connectivity index (χ0) is 33.3. The summed E-state index contributed by atoms with van der Waals surface area (Å²) >= 11 is 0. The summed E-state index contributed by atoms with van der Waals surface area (Å²) in [6.07, 6.45) is -0.703. The van der Waals surface area contributed by atoms with Crippen LogP contribution in [0.15, 0.2) is 97.1 Å². The molecule has 2 aliphatic rings.